The highest BCUT2D eigenvalue weighted by Crippen LogP contribution is 2.45. The van der Waals surface area contributed by atoms with E-state index in [2.05, 4.69) is 0 Å². The van der Waals surface area contributed by atoms with Crippen LogP contribution in [-0.2, 0) is 5.54 Å². The lowest BCUT2D eigenvalue weighted by Crippen LogP contribution is -2.51. The van der Waals surface area contributed by atoms with Gasteiger partial charge in [-0.2, -0.15) is 26.3 Å². The molecule has 1 heterocycles. The summed E-state index contributed by atoms with van der Waals surface area (Å²) < 4.78 is 83.2. The molecule has 0 bridgehead atoms. The van der Waals surface area contributed by atoms with E-state index in [-0.39, 0.29) is 29.2 Å². The van der Waals surface area contributed by atoms with Gasteiger partial charge in [-0.05, 0) is 55.0 Å². The van der Waals surface area contributed by atoms with Gasteiger partial charge in [0.1, 0.15) is 11.3 Å². The van der Waals surface area contributed by atoms with Crippen molar-refractivity contribution in [3.05, 3.63) is 51.7 Å². The van der Waals surface area contributed by atoms with Crippen molar-refractivity contribution >= 4 is 17.1 Å². The average Bonchev–Trinajstić information content (AvgIpc) is 3.40. The molecular formula is C21H21F6NO2S. The molecule has 1 atom stereocenters. The summed E-state index contributed by atoms with van der Waals surface area (Å²) in [5, 5.41) is 0. The van der Waals surface area contributed by atoms with E-state index in [0.717, 1.165) is 29.9 Å². The minimum Gasteiger partial charge on any atom is -0.494 e. The molecule has 31 heavy (non-hydrogen) atoms. The van der Waals surface area contributed by atoms with E-state index in [0.29, 0.717) is 5.92 Å². The minimum absolute atomic E-state index is 0.120. The third-order valence-corrected chi connectivity index (χ3v) is 6.36. The first-order valence-electron chi connectivity index (χ1n) is 9.68. The van der Waals surface area contributed by atoms with Crippen molar-refractivity contribution in [2.24, 2.45) is 5.73 Å². The van der Waals surface area contributed by atoms with E-state index >= 15 is 0 Å². The fourth-order valence-electron chi connectivity index (χ4n) is 3.11. The molecule has 1 saturated carbocycles. The van der Waals surface area contributed by atoms with Crippen LogP contribution in [0.2, 0.25) is 0 Å². The van der Waals surface area contributed by atoms with Crippen molar-refractivity contribution in [2.45, 2.75) is 55.9 Å². The van der Waals surface area contributed by atoms with Gasteiger partial charge in [0, 0.05) is 17.7 Å². The predicted octanol–water partition coefficient (Wildman–Crippen LogP) is 6.34. The summed E-state index contributed by atoms with van der Waals surface area (Å²) >= 11 is 1.20. The van der Waals surface area contributed by atoms with Crippen molar-refractivity contribution in [1.82, 2.24) is 0 Å². The van der Waals surface area contributed by atoms with Gasteiger partial charge in [0.25, 0.3) is 0 Å². The topological polar surface area (TPSA) is 52.3 Å². The molecule has 1 unspecified atom stereocenters. The highest BCUT2D eigenvalue weighted by atomic mass is 32.1. The Bertz CT molecular complexity index is 902. The number of carbonyl (C=O) groups is 1. The summed E-state index contributed by atoms with van der Waals surface area (Å²) in [6, 6.07) is 7.89. The summed E-state index contributed by atoms with van der Waals surface area (Å²) in [4.78, 5) is 13.8. The Morgan fingerprint density at radius 1 is 1.03 bits per heavy atom. The molecule has 0 spiro atoms. The normalized spacial score (nSPS) is 16.7. The van der Waals surface area contributed by atoms with Crippen LogP contribution in [0.4, 0.5) is 26.3 Å². The number of ketones is 1. The quantitative estimate of drug-likeness (QED) is 0.267. The Balaban J connectivity index is 1.69. The van der Waals surface area contributed by atoms with Gasteiger partial charge < -0.3 is 10.5 Å². The predicted molar refractivity (Wildman–Crippen MR) is 104 cm³/mol. The largest absolute Gasteiger partial charge is 0.494 e. The van der Waals surface area contributed by atoms with Crippen molar-refractivity contribution in [1.29, 1.82) is 0 Å². The van der Waals surface area contributed by atoms with Crippen molar-refractivity contribution < 1.29 is 35.9 Å². The maximum Gasteiger partial charge on any atom is 0.411 e. The molecule has 3 rings (SSSR count). The molecule has 1 aliphatic rings. The fourth-order valence-corrected chi connectivity index (χ4v) is 4.22. The van der Waals surface area contributed by atoms with Crippen LogP contribution in [0.3, 0.4) is 0 Å². The molecule has 0 aliphatic heterocycles. The SMILES string of the molecule is NC(CC(=O)c1ccc(C2CC2)s1)(c1ccc(OCCCC(F)(F)F)cc1)C(F)(F)F. The number of alkyl halides is 6. The average molecular weight is 465 g/mol. The second kappa shape index (κ2) is 8.82. The zero-order chi connectivity index (χ0) is 22.9. The minimum atomic E-state index is -4.89. The molecule has 0 radical (unpaired) electrons. The van der Waals surface area contributed by atoms with Crippen LogP contribution < -0.4 is 10.5 Å². The summed E-state index contributed by atoms with van der Waals surface area (Å²) in [6.45, 7) is -0.230. The molecule has 1 aromatic carbocycles. The van der Waals surface area contributed by atoms with Crippen LogP contribution in [0, 0.1) is 0 Å². The lowest BCUT2D eigenvalue weighted by atomic mass is 9.85. The molecule has 2 aromatic rings. The van der Waals surface area contributed by atoms with Gasteiger partial charge in [-0.3, -0.25) is 4.79 Å². The number of ether oxygens (including phenoxy) is 1. The van der Waals surface area contributed by atoms with Gasteiger partial charge in [-0.15, -0.1) is 11.3 Å². The monoisotopic (exact) mass is 465 g/mol. The Kier molecular flexibility index (Phi) is 6.71. The lowest BCUT2D eigenvalue weighted by molar-refractivity contribution is -0.188. The second-order valence-electron chi connectivity index (χ2n) is 7.64. The van der Waals surface area contributed by atoms with Crippen LogP contribution in [0.25, 0.3) is 0 Å². The molecule has 170 valence electrons. The maximum absolute atomic E-state index is 13.9. The third kappa shape index (κ3) is 6.00. The van der Waals surface area contributed by atoms with Gasteiger partial charge in [-0.1, -0.05) is 12.1 Å². The fraction of sp³-hybridized carbons (Fsp3) is 0.476. The molecule has 3 nitrogen and oxygen atoms in total. The van der Waals surface area contributed by atoms with Gasteiger partial charge >= 0.3 is 12.4 Å². The smallest absolute Gasteiger partial charge is 0.411 e. The van der Waals surface area contributed by atoms with Crippen molar-refractivity contribution in [3.8, 4) is 5.75 Å². The number of benzene rings is 1. The van der Waals surface area contributed by atoms with Crippen molar-refractivity contribution in [3.63, 3.8) is 0 Å². The first-order valence-corrected chi connectivity index (χ1v) is 10.5. The molecule has 2 N–H and O–H groups in total. The van der Waals surface area contributed by atoms with E-state index in [9.17, 15) is 31.1 Å². The van der Waals surface area contributed by atoms with Crippen LogP contribution in [0.1, 0.15) is 58.1 Å². The van der Waals surface area contributed by atoms with Gasteiger partial charge in [-0.25, -0.2) is 0 Å². The maximum atomic E-state index is 13.9. The Labute approximate surface area is 179 Å². The Hall–Kier alpha value is -2.07. The zero-order valence-corrected chi connectivity index (χ0v) is 17.2. The number of carbonyl (C=O) groups excluding carboxylic acids is 1. The van der Waals surface area contributed by atoms with E-state index in [1.54, 1.807) is 6.07 Å². The number of hydrogen-bond acceptors (Lipinski definition) is 4. The number of nitrogens with two attached hydrogens (primary N) is 1. The van der Waals surface area contributed by atoms with E-state index in [4.69, 9.17) is 10.5 Å². The number of Topliss-reactive ketones (excluding diaryl/α,β-unsaturated/α-hetero) is 1. The number of thiophene rings is 1. The number of rotatable bonds is 9. The van der Waals surface area contributed by atoms with Gasteiger partial charge in [0.2, 0.25) is 0 Å². The van der Waals surface area contributed by atoms with Crippen LogP contribution in [-0.4, -0.2) is 24.7 Å². The number of halogens is 6. The first-order chi connectivity index (χ1) is 14.4. The Morgan fingerprint density at radius 3 is 2.23 bits per heavy atom. The highest BCUT2D eigenvalue weighted by molar-refractivity contribution is 7.14. The Morgan fingerprint density at radius 2 is 1.68 bits per heavy atom. The third-order valence-electron chi connectivity index (χ3n) is 5.07. The molecule has 1 aliphatic carbocycles. The van der Waals surface area contributed by atoms with Crippen LogP contribution in [0.5, 0.6) is 5.75 Å². The standard InChI is InChI=1S/C21H21F6NO2S/c22-20(23,24)10-1-11-30-15-6-4-14(5-7-15)19(28,21(25,26)27)12-16(29)18-9-8-17(31-18)13-2-3-13/h4-9,13H,1-3,10-12,28H2. The molecular weight excluding hydrogens is 444 g/mol. The molecule has 0 amide bonds. The molecule has 1 aromatic heterocycles. The zero-order valence-electron chi connectivity index (χ0n) is 16.4. The summed E-state index contributed by atoms with van der Waals surface area (Å²) in [5.74, 6) is -0.182. The first kappa shape index (κ1) is 23.6. The van der Waals surface area contributed by atoms with Gasteiger partial charge in [0.05, 0.1) is 11.5 Å². The van der Waals surface area contributed by atoms with E-state index in [1.165, 1.54) is 29.5 Å². The number of hydrogen-bond donors (Lipinski definition) is 1. The van der Waals surface area contributed by atoms with E-state index < -0.39 is 36.5 Å². The molecule has 1 fully saturated rings. The van der Waals surface area contributed by atoms with Crippen LogP contribution in [0.15, 0.2) is 36.4 Å². The summed E-state index contributed by atoms with van der Waals surface area (Å²) in [5.41, 5.74) is 2.50. The molecule has 10 heteroatoms. The van der Waals surface area contributed by atoms with Crippen LogP contribution >= 0.6 is 11.3 Å². The second-order valence-corrected chi connectivity index (χ2v) is 8.75. The van der Waals surface area contributed by atoms with Crippen molar-refractivity contribution in [2.75, 3.05) is 6.61 Å². The van der Waals surface area contributed by atoms with E-state index in [1.807, 2.05) is 0 Å². The highest BCUT2D eigenvalue weighted by Gasteiger charge is 2.54. The lowest BCUT2D eigenvalue weighted by Gasteiger charge is -2.31. The summed E-state index contributed by atoms with van der Waals surface area (Å²) in [7, 11) is 0. The molecule has 0 saturated heterocycles. The van der Waals surface area contributed by atoms with Gasteiger partial charge in [0.15, 0.2) is 5.78 Å². The summed E-state index contributed by atoms with van der Waals surface area (Å²) in [6.07, 6.45) is -9.40.